The van der Waals surface area contributed by atoms with Gasteiger partial charge in [0.1, 0.15) is 17.2 Å². The predicted octanol–water partition coefficient (Wildman–Crippen LogP) is 3.31. The van der Waals surface area contributed by atoms with Crippen molar-refractivity contribution in [2.75, 3.05) is 14.2 Å². The van der Waals surface area contributed by atoms with Gasteiger partial charge in [0, 0.05) is 5.56 Å². The van der Waals surface area contributed by atoms with Crippen LogP contribution in [0.1, 0.15) is 16.1 Å². The van der Waals surface area contributed by atoms with E-state index in [1.807, 2.05) is 48.5 Å². The first-order chi connectivity index (χ1) is 12.1. The summed E-state index contributed by atoms with van der Waals surface area (Å²) in [6.45, 7) is 0.363. The van der Waals surface area contributed by atoms with E-state index in [0.29, 0.717) is 12.2 Å². The number of hydrogen-bond acceptors (Lipinski definition) is 4. The molecule has 0 aliphatic rings. The second-order valence-electron chi connectivity index (χ2n) is 5.45. The molecule has 0 radical (unpaired) electrons. The monoisotopic (exact) mass is 338 g/mol. The van der Waals surface area contributed by atoms with Crippen molar-refractivity contribution in [3.05, 3.63) is 65.9 Å². The van der Waals surface area contributed by atoms with Crippen molar-refractivity contribution < 1.29 is 19.4 Å². The molecule has 1 aromatic heterocycles. The molecule has 2 aromatic carbocycles. The summed E-state index contributed by atoms with van der Waals surface area (Å²) < 4.78 is 11.8. The molecule has 0 saturated carbocycles. The summed E-state index contributed by atoms with van der Waals surface area (Å²) >= 11 is 0. The fourth-order valence-electron chi connectivity index (χ4n) is 2.52. The van der Waals surface area contributed by atoms with Crippen molar-refractivity contribution in [3.63, 3.8) is 0 Å². The maximum atomic E-state index is 11.6. The highest BCUT2D eigenvalue weighted by Gasteiger charge is 2.15. The molecule has 3 rings (SSSR count). The van der Waals surface area contributed by atoms with E-state index < -0.39 is 5.97 Å². The van der Waals surface area contributed by atoms with Crippen molar-refractivity contribution in [3.8, 4) is 22.8 Å². The van der Waals surface area contributed by atoms with E-state index in [2.05, 4.69) is 5.10 Å². The van der Waals surface area contributed by atoms with E-state index in [9.17, 15) is 9.90 Å². The second kappa shape index (κ2) is 7.09. The minimum atomic E-state index is -1.01. The first kappa shape index (κ1) is 16.6. The van der Waals surface area contributed by atoms with Crippen LogP contribution in [0.3, 0.4) is 0 Å². The Bertz CT molecular complexity index is 867. The van der Waals surface area contributed by atoms with Crippen molar-refractivity contribution >= 4 is 5.97 Å². The molecule has 0 unspecified atom stereocenters. The number of rotatable bonds is 6. The Hall–Kier alpha value is -3.28. The molecule has 0 saturated heterocycles. The average Bonchev–Trinajstić information content (AvgIpc) is 3.06. The Morgan fingerprint density at radius 1 is 1.00 bits per heavy atom. The third kappa shape index (κ3) is 3.63. The van der Waals surface area contributed by atoms with Gasteiger partial charge in [0.05, 0.1) is 26.5 Å². The highest BCUT2D eigenvalue weighted by molar-refractivity contribution is 5.87. The van der Waals surface area contributed by atoms with Crippen LogP contribution in [-0.2, 0) is 6.54 Å². The van der Waals surface area contributed by atoms with E-state index in [-0.39, 0.29) is 5.69 Å². The maximum absolute atomic E-state index is 11.6. The smallest absolute Gasteiger partial charge is 0.354 e. The molecule has 3 aromatic rings. The molecule has 0 amide bonds. The van der Waals surface area contributed by atoms with Crippen LogP contribution in [0.2, 0.25) is 0 Å². The summed E-state index contributed by atoms with van der Waals surface area (Å²) in [4.78, 5) is 11.6. The SMILES string of the molecule is COc1ccc(Cn2nc(-c3ccc(OC)cc3)cc2C(=O)O)cc1. The van der Waals surface area contributed by atoms with Crippen molar-refractivity contribution in [2.45, 2.75) is 6.54 Å². The topological polar surface area (TPSA) is 73.6 Å². The van der Waals surface area contributed by atoms with Crippen LogP contribution in [0.25, 0.3) is 11.3 Å². The number of methoxy groups -OCH3 is 2. The summed E-state index contributed by atoms with van der Waals surface area (Å²) in [5.74, 6) is 0.474. The number of hydrogen-bond donors (Lipinski definition) is 1. The molecule has 1 heterocycles. The van der Waals surface area contributed by atoms with E-state index >= 15 is 0 Å². The quantitative estimate of drug-likeness (QED) is 0.746. The lowest BCUT2D eigenvalue weighted by Crippen LogP contribution is -2.10. The van der Waals surface area contributed by atoms with Gasteiger partial charge in [-0.15, -0.1) is 0 Å². The summed E-state index contributed by atoms with van der Waals surface area (Å²) in [7, 11) is 3.20. The Labute approximate surface area is 145 Å². The zero-order chi connectivity index (χ0) is 17.8. The number of aromatic nitrogens is 2. The van der Waals surface area contributed by atoms with Crippen molar-refractivity contribution in [2.24, 2.45) is 0 Å². The molecule has 0 fully saturated rings. The molecule has 0 aliphatic heterocycles. The fraction of sp³-hybridized carbons (Fsp3) is 0.158. The van der Waals surface area contributed by atoms with Gasteiger partial charge in [0.2, 0.25) is 0 Å². The number of nitrogens with zero attached hydrogens (tertiary/aromatic N) is 2. The van der Waals surface area contributed by atoms with Crippen molar-refractivity contribution in [1.82, 2.24) is 9.78 Å². The number of benzene rings is 2. The lowest BCUT2D eigenvalue weighted by Gasteiger charge is -2.06. The number of carboxylic acids is 1. The Kier molecular flexibility index (Phi) is 4.70. The summed E-state index contributed by atoms with van der Waals surface area (Å²) in [6.07, 6.45) is 0. The molecular weight excluding hydrogens is 320 g/mol. The molecule has 0 spiro atoms. The lowest BCUT2D eigenvalue weighted by molar-refractivity contribution is 0.0684. The zero-order valence-electron chi connectivity index (χ0n) is 14.0. The summed E-state index contributed by atoms with van der Waals surface area (Å²) in [5, 5.41) is 13.9. The third-order valence-electron chi connectivity index (χ3n) is 3.88. The van der Waals surface area contributed by atoms with Crippen LogP contribution in [0.15, 0.2) is 54.6 Å². The van der Waals surface area contributed by atoms with Gasteiger partial charge in [-0.2, -0.15) is 5.10 Å². The molecule has 128 valence electrons. The highest BCUT2D eigenvalue weighted by atomic mass is 16.5. The predicted molar refractivity (Wildman–Crippen MR) is 93.3 cm³/mol. The maximum Gasteiger partial charge on any atom is 0.354 e. The second-order valence-corrected chi connectivity index (χ2v) is 5.45. The first-order valence-electron chi connectivity index (χ1n) is 7.69. The molecule has 0 bridgehead atoms. The molecule has 0 atom stereocenters. The zero-order valence-corrected chi connectivity index (χ0v) is 14.0. The van der Waals surface area contributed by atoms with E-state index in [1.165, 1.54) is 4.68 Å². The van der Waals surface area contributed by atoms with Gasteiger partial charge in [0.15, 0.2) is 0 Å². The Balaban J connectivity index is 1.92. The third-order valence-corrected chi connectivity index (χ3v) is 3.88. The Morgan fingerprint density at radius 3 is 2.08 bits per heavy atom. The van der Waals surface area contributed by atoms with Gasteiger partial charge in [-0.1, -0.05) is 12.1 Å². The van der Waals surface area contributed by atoms with Crippen LogP contribution < -0.4 is 9.47 Å². The van der Waals surface area contributed by atoms with E-state index in [4.69, 9.17) is 9.47 Å². The average molecular weight is 338 g/mol. The molecule has 1 N–H and O–H groups in total. The highest BCUT2D eigenvalue weighted by Crippen LogP contribution is 2.23. The molecular formula is C19H18N2O4. The van der Waals surface area contributed by atoms with Gasteiger partial charge in [0.25, 0.3) is 0 Å². The first-order valence-corrected chi connectivity index (χ1v) is 7.69. The Morgan fingerprint density at radius 2 is 1.56 bits per heavy atom. The number of aromatic carboxylic acids is 1. The lowest BCUT2D eigenvalue weighted by atomic mass is 10.1. The number of carboxylic acid groups (broad SMARTS) is 1. The molecule has 6 heteroatoms. The van der Waals surface area contributed by atoms with Crippen LogP contribution >= 0.6 is 0 Å². The van der Waals surface area contributed by atoms with Gasteiger partial charge < -0.3 is 14.6 Å². The van der Waals surface area contributed by atoms with Crippen molar-refractivity contribution in [1.29, 1.82) is 0 Å². The summed E-state index contributed by atoms with van der Waals surface area (Å²) in [5.41, 5.74) is 2.51. The van der Waals surface area contributed by atoms with E-state index in [1.54, 1.807) is 20.3 Å². The number of carbonyl (C=O) groups is 1. The minimum absolute atomic E-state index is 0.140. The van der Waals surface area contributed by atoms with Crippen LogP contribution in [0.5, 0.6) is 11.5 Å². The van der Waals surface area contributed by atoms with Gasteiger partial charge in [-0.05, 0) is 48.0 Å². The fourth-order valence-corrected chi connectivity index (χ4v) is 2.52. The van der Waals surface area contributed by atoms with Gasteiger partial charge >= 0.3 is 5.97 Å². The molecule has 25 heavy (non-hydrogen) atoms. The summed E-state index contributed by atoms with van der Waals surface area (Å²) in [6, 6.07) is 16.4. The van der Waals surface area contributed by atoms with Crippen LogP contribution in [-0.4, -0.2) is 35.1 Å². The van der Waals surface area contributed by atoms with Crippen LogP contribution in [0.4, 0.5) is 0 Å². The molecule has 6 nitrogen and oxygen atoms in total. The van der Waals surface area contributed by atoms with Gasteiger partial charge in [-0.3, -0.25) is 4.68 Å². The molecule has 0 aliphatic carbocycles. The standard InChI is InChI=1S/C19H18N2O4/c1-24-15-7-3-13(4-8-15)12-21-18(19(22)23)11-17(20-21)14-5-9-16(25-2)10-6-14/h3-11H,12H2,1-2H3,(H,22,23). The normalized spacial score (nSPS) is 10.5. The van der Waals surface area contributed by atoms with Gasteiger partial charge in [-0.25, -0.2) is 4.79 Å². The van der Waals surface area contributed by atoms with E-state index in [0.717, 1.165) is 22.6 Å². The number of ether oxygens (including phenoxy) is 2. The largest absolute Gasteiger partial charge is 0.497 e. The van der Waals surface area contributed by atoms with Crippen LogP contribution in [0, 0.1) is 0 Å². The minimum Gasteiger partial charge on any atom is -0.497 e.